The van der Waals surface area contributed by atoms with E-state index >= 15 is 0 Å². The molecular weight excluding hydrogens is 168 g/mol. The van der Waals surface area contributed by atoms with E-state index in [1.54, 1.807) is 0 Å². The van der Waals surface area contributed by atoms with Crippen LogP contribution < -0.4 is 23.3 Å². The molecule has 0 heterocycles. The van der Waals surface area contributed by atoms with E-state index in [0.717, 1.165) is 0 Å². The Morgan fingerprint density at radius 2 is 1.50 bits per heavy atom. The quantitative estimate of drug-likeness (QED) is 0.256. The molecule has 0 bridgehead atoms. The van der Waals surface area contributed by atoms with Gasteiger partial charge in [0.1, 0.15) is 0 Å². The molecule has 0 amide bonds. The van der Waals surface area contributed by atoms with Gasteiger partial charge in [-0.05, 0) is 0 Å². The molecule has 12 heavy (non-hydrogen) atoms. The van der Waals surface area contributed by atoms with Crippen LogP contribution in [0.3, 0.4) is 0 Å². The molecule has 0 spiro atoms. The lowest BCUT2D eigenvalue weighted by atomic mass is 10.0. The maximum atomic E-state index is 10.8. The fourth-order valence-electron chi connectivity index (χ4n) is 0.460. The van der Waals surface area contributed by atoms with Gasteiger partial charge in [-0.3, -0.25) is 0 Å². The van der Waals surface area contributed by atoms with E-state index in [2.05, 4.69) is 21.5 Å². The minimum absolute atomic E-state index is 0.515. The largest absolute Gasteiger partial charge is 0.371 e. The molecule has 8 nitrogen and oxygen atoms in total. The maximum absolute atomic E-state index is 10.8. The van der Waals surface area contributed by atoms with Gasteiger partial charge in [0.2, 0.25) is 5.54 Å². The van der Waals surface area contributed by atoms with Gasteiger partial charge in [-0.2, -0.15) is 11.8 Å². The molecule has 8 heteroatoms. The molecule has 0 aromatic rings. The van der Waals surface area contributed by atoms with Gasteiger partial charge in [-0.25, -0.2) is 9.59 Å². The van der Waals surface area contributed by atoms with Gasteiger partial charge < -0.3 is 21.1 Å². The Balaban J connectivity index is 4.66. The molecule has 0 aromatic heterocycles. The third kappa shape index (κ3) is 1.68. The summed E-state index contributed by atoms with van der Waals surface area (Å²) in [5, 5.41) is 0. The van der Waals surface area contributed by atoms with Crippen molar-refractivity contribution in [1.82, 2.24) is 0 Å². The minimum atomic E-state index is -2.14. The number of carbonyl (C=O) groups excluding carboxylic acids is 2. The molecule has 8 N–H and O–H groups in total. The summed E-state index contributed by atoms with van der Waals surface area (Å²) >= 11 is 0. The first-order valence-corrected chi connectivity index (χ1v) is 2.84. The van der Waals surface area contributed by atoms with Crippen molar-refractivity contribution in [3.8, 4) is 0 Å². The summed E-state index contributed by atoms with van der Waals surface area (Å²) in [5.74, 6) is 6.57. The minimum Gasteiger partial charge on any atom is -0.371 e. The predicted molar refractivity (Wildman–Crippen MR) is 36.5 cm³/mol. The van der Waals surface area contributed by atoms with E-state index in [9.17, 15) is 9.59 Å². The molecular formula is C4H10N4O4. The lowest BCUT2D eigenvalue weighted by molar-refractivity contribution is -0.164. The van der Waals surface area contributed by atoms with Crippen LogP contribution in [0.2, 0.25) is 0 Å². The van der Waals surface area contributed by atoms with Gasteiger partial charge in [-0.15, -0.1) is 0 Å². The molecule has 0 atom stereocenters. The zero-order valence-corrected chi connectivity index (χ0v) is 6.15. The highest BCUT2D eigenvalue weighted by atomic mass is 16.7. The summed E-state index contributed by atoms with van der Waals surface area (Å²) in [6, 6.07) is 0. The van der Waals surface area contributed by atoms with Crippen LogP contribution in [0.5, 0.6) is 0 Å². The number of rotatable bonds is 3. The SMILES string of the molecule is NCC(N)(C(=O)ON)C(=O)ON. The topological polar surface area (TPSA) is 157 Å². The van der Waals surface area contributed by atoms with Crippen molar-refractivity contribution >= 4 is 11.9 Å². The fraction of sp³-hybridized carbons (Fsp3) is 0.500. The summed E-state index contributed by atoms with van der Waals surface area (Å²) < 4.78 is 0. The van der Waals surface area contributed by atoms with Crippen LogP contribution in [0.25, 0.3) is 0 Å². The van der Waals surface area contributed by atoms with Crippen molar-refractivity contribution in [1.29, 1.82) is 0 Å². The molecule has 0 fully saturated rings. The summed E-state index contributed by atoms with van der Waals surface area (Å²) in [4.78, 5) is 29.0. The average molecular weight is 178 g/mol. The second-order valence-corrected chi connectivity index (χ2v) is 1.99. The summed E-state index contributed by atoms with van der Waals surface area (Å²) in [6.07, 6.45) is 0. The first-order valence-electron chi connectivity index (χ1n) is 2.84. The van der Waals surface area contributed by atoms with Crippen LogP contribution in [0, 0.1) is 0 Å². The van der Waals surface area contributed by atoms with E-state index in [-0.39, 0.29) is 0 Å². The fourth-order valence-corrected chi connectivity index (χ4v) is 0.460. The van der Waals surface area contributed by atoms with Gasteiger partial charge in [0.25, 0.3) is 0 Å². The van der Waals surface area contributed by atoms with Gasteiger partial charge in [0.15, 0.2) is 0 Å². The molecule has 0 aliphatic carbocycles. The lowest BCUT2D eigenvalue weighted by Crippen LogP contribution is -2.62. The van der Waals surface area contributed by atoms with E-state index in [4.69, 9.17) is 11.5 Å². The van der Waals surface area contributed by atoms with E-state index in [0.29, 0.717) is 0 Å². The van der Waals surface area contributed by atoms with Crippen molar-refractivity contribution in [3.05, 3.63) is 0 Å². The first-order chi connectivity index (χ1) is 5.52. The number of nitrogens with two attached hydrogens (primary N) is 4. The molecule has 0 radical (unpaired) electrons. The Morgan fingerprint density at radius 1 is 1.17 bits per heavy atom. The van der Waals surface area contributed by atoms with Crippen molar-refractivity contribution in [2.45, 2.75) is 5.54 Å². The van der Waals surface area contributed by atoms with Crippen molar-refractivity contribution < 1.29 is 19.3 Å². The smallest absolute Gasteiger partial charge is 0.357 e. The van der Waals surface area contributed by atoms with Crippen LogP contribution in [-0.4, -0.2) is 24.0 Å². The number of carbonyl (C=O) groups is 2. The Kier molecular flexibility index (Phi) is 3.57. The van der Waals surface area contributed by atoms with Crippen LogP contribution >= 0.6 is 0 Å². The monoisotopic (exact) mass is 178 g/mol. The molecule has 0 saturated heterocycles. The van der Waals surface area contributed by atoms with Gasteiger partial charge in [0, 0.05) is 6.54 Å². The molecule has 0 saturated carbocycles. The van der Waals surface area contributed by atoms with Crippen molar-refractivity contribution in [2.24, 2.45) is 23.3 Å². The summed E-state index contributed by atoms with van der Waals surface area (Å²) in [6.45, 7) is -0.515. The molecule has 0 rings (SSSR count). The summed E-state index contributed by atoms with van der Waals surface area (Å²) in [7, 11) is 0. The molecule has 0 aromatic carbocycles. The third-order valence-electron chi connectivity index (χ3n) is 1.26. The standard InChI is InChI=1S/C4H10N4O4/c5-1-4(6,2(9)11-7)3(10)12-8/h1,5-8H2. The Bertz CT molecular complexity index is 177. The van der Waals surface area contributed by atoms with Crippen LogP contribution in [0.15, 0.2) is 0 Å². The first kappa shape index (κ1) is 10.8. The van der Waals surface area contributed by atoms with E-state index < -0.39 is 24.0 Å². The van der Waals surface area contributed by atoms with Crippen LogP contribution in [-0.2, 0) is 19.3 Å². The average Bonchev–Trinajstić information content (AvgIpc) is 2.13. The summed E-state index contributed by atoms with van der Waals surface area (Å²) in [5.41, 5.74) is 8.06. The van der Waals surface area contributed by atoms with Crippen molar-refractivity contribution in [3.63, 3.8) is 0 Å². The predicted octanol–water partition coefficient (Wildman–Crippen LogP) is -3.52. The zero-order valence-electron chi connectivity index (χ0n) is 6.15. The Labute approximate surface area is 67.7 Å². The zero-order chi connectivity index (χ0) is 9.78. The lowest BCUT2D eigenvalue weighted by Gasteiger charge is -2.19. The second-order valence-electron chi connectivity index (χ2n) is 1.99. The number of hydrogen-bond acceptors (Lipinski definition) is 8. The number of hydrogen-bond donors (Lipinski definition) is 4. The highest BCUT2D eigenvalue weighted by Gasteiger charge is 2.44. The van der Waals surface area contributed by atoms with Gasteiger partial charge in [0.05, 0.1) is 0 Å². The highest BCUT2D eigenvalue weighted by molar-refractivity contribution is 6.04. The van der Waals surface area contributed by atoms with Crippen LogP contribution in [0.1, 0.15) is 0 Å². The highest BCUT2D eigenvalue weighted by Crippen LogP contribution is 2.01. The molecule has 0 unspecified atom stereocenters. The second kappa shape index (κ2) is 3.97. The molecule has 70 valence electrons. The third-order valence-corrected chi connectivity index (χ3v) is 1.26. The van der Waals surface area contributed by atoms with Gasteiger partial charge in [-0.1, -0.05) is 0 Å². The normalized spacial score (nSPS) is 10.7. The molecule has 0 aliphatic heterocycles. The van der Waals surface area contributed by atoms with Gasteiger partial charge >= 0.3 is 11.9 Å². The van der Waals surface area contributed by atoms with E-state index in [1.807, 2.05) is 0 Å². The van der Waals surface area contributed by atoms with Crippen molar-refractivity contribution in [2.75, 3.05) is 6.54 Å². The maximum Gasteiger partial charge on any atom is 0.357 e. The van der Waals surface area contributed by atoms with E-state index in [1.165, 1.54) is 0 Å². The van der Waals surface area contributed by atoms with Crippen LogP contribution in [0.4, 0.5) is 0 Å². The molecule has 0 aliphatic rings. The Morgan fingerprint density at radius 3 is 1.67 bits per heavy atom. The Hall–Kier alpha value is -1.22.